The predicted octanol–water partition coefficient (Wildman–Crippen LogP) is 4.16. The summed E-state index contributed by atoms with van der Waals surface area (Å²) in [6.45, 7) is 0.225. The Morgan fingerprint density at radius 2 is 1.64 bits per heavy atom. The fourth-order valence-corrected chi connectivity index (χ4v) is 4.30. The number of ether oxygens (including phenoxy) is 2. The summed E-state index contributed by atoms with van der Waals surface area (Å²) in [5.41, 5.74) is 4.40. The molecule has 3 aromatic rings. The van der Waals surface area contributed by atoms with Crippen LogP contribution in [-0.2, 0) is 4.74 Å². The van der Waals surface area contributed by atoms with Gasteiger partial charge in [0.1, 0.15) is 24.3 Å². The van der Waals surface area contributed by atoms with Gasteiger partial charge in [0.15, 0.2) is 0 Å². The Morgan fingerprint density at radius 3 is 2.27 bits per heavy atom. The molecule has 2 atom stereocenters. The van der Waals surface area contributed by atoms with Gasteiger partial charge in [0.05, 0.1) is 18.8 Å². The molecule has 0 radical (unpaired) electrons. The fourth-order valence-electron chi connectivity index (χ4n) is 4.30. The molecular weight excluding hydrogens is 425 g/mol. The van der Waals surface area contributed by atoms with Gasteiger partial charge in [-0.3, -0.25) is 0 Å². The molecule has 7 heteroatoms. The number of halogens is 1. The number of rotatable bonds is 8. The van der Waals surface area contributed by atoms with Crippen LogP contribution in [0.5, 0.6) is 5.75 Å². The average Bonchev–Trinajstić information content (AvgIpc) is 3.15. The zero-order valence-corrected chi connectivity index (χ0v) is 18.2. The van der Waals surface area contributed by atoms with E-state index in [-0.39, 0.29) is 36.8 Å². The third-order valence-corrected chi connectivity index (χ3v) is 5.95. The summed E-state index contributed by atoms with van der Waals surface area (Å²) >= 11 is 0. The third kappa shape index (κ3) is 4.69. The molecule has 0 aromatic heterocycles. The van der Waals surface area contributed by atoms with Gasteiger partial charge >= 0.3 is 6.09 Å². The van der Waals surface area contributed by atoms with E-state index in [0.29, 0.717) is 0 Å². The van der Waals surface area contributed by atoms with Crippen molar-refractivity contribution in [2.45, 2.75) is 24.5 Å². The van der Waals surface area contributed by atoms with Crippen LogP contribution >= 0.6 is 0 Å². The molecule has 4 rings (SSSR count). The number of aliphatic hydroxyl groups is 2. The van der Waals surface area contributed by atoms with E-state index in [1.807, 2.05) is 36.4 Å². The maximum atomic E-state index is 14.1. The van der Waals surface area contributed by atoms with Gasteiger partial charge < -0.3 is 25.0 Å². The number of methoxy groups -OCH3 is 1. The smallest absolute Gasteiger partial charge is 0.407 e. The van der Waals surface area contributed by atoms with Crippen molar-refractivity contribution < 1.29 is 28.9 Å². The molecule has 0 heterocycles. The summed E-state index contributed by atoms with van der Waals surface area (Å²) in [7, 11) is 1.36. The van der Waals surface area contributed by atoms with Gasteiger partial charge in [-0.1, -0.05) is 54.6 Å². The lowest BCUT2D eigenvalue weighted by atomic mass is 9.98. The quantitative estimate of drug-likeness (QED) is 0.479. The predicted molar refractivity (Wildman–Crippen MR) is 122 cm³/mol. The van der Waals surface area contributed by atoms with Crippen molar-refractivity contribution in [2.24, 2.45) is 0 Å². The van der Waals surface area contributed by atoms with Crippen molar-refractivity contribution >= 4 is 6.09 Å². The van der Waals surface area contributed by atoms with Gasteiger partial charge in [-0.15, -0.1) is 0 Å². The molecule has 1 aliphatic rings. The molecule has 0 aliphatic heterocycles. The van der Waals surface area contributed by atoms with Crippen LogP contribution in [0.1, 0.15) is 35.1 Å². The second-order valence-electron chi connectivity index (χ2n) is 7.91. The number of carbonyl (C=O) groups is 1. The molecule has 0 saturated carbocycles. The van der Waals surface area contributed by atoms with Crippen molar-refractivity contribution in [1.29, 1.82) is 0 Å². The number of hydrogen-bond donors (Lipinski definition) is 3. The number of aliphatic hydroxyl groups excluding tert-OH is 2. The molecule has 1 amide bonds. The molecule has 6 nitrogen and oxygen atoms in total. The molecule has 3 N–H and O–H groups in total. The minimum Gasteiger partial charge on any atom is -0.496 e. The van der Waals surface area contributed by atoms with Gasteiger partial charge in [-0.25, -0.2) is 9.18 Å². The summed E-state index contributed by atoms with van der Waals surface area (Å²) in [6, 6.07) is 20.2. The highest BCUT2D eigenvalue weighted by Gasteiger charge is 2.29. The van der Waals surface area contributed by atoms with Crippen molar-refractivity contribution in [3.8, 4) is 16.9 Å². The Kier molecular flexibility index (Phi) is 6.91. The number of benzene rings is 3. The van der Waals surface area contributed by atoms with E-state index in [1.165, 1.54) is 25.3 Å². The minimum absolute atomic E-state index is 0.00283. The normalized spacial score (nSPS) is 14.2. The molecule has 0 fully saturated rings. The second-order valence-corrected chi connectivity index (χ2v) is 7.91. The van der Waals surface area contributed by atoms with Gasteiger partial charge in [-0.2, -0.15) is 0 Å². The lowest BCUT2D eigenvalue weighted by molar-refractivity contribution is 0.0102. The first-order valence-electron chi connectivity index (χ1n) is 10.8. The van der Waals surface area contributed by atoms with Crippen molar-refractivity contribution in [3.05, 3.63) is 89.2 Å². The molecule has 1 aliphatic carbocycles. The van der Waals surface area contributed by atoms with E-state index < -0.39 is 24.1 Å². The Balaban J connectivity index is 1.30. The average molecular weight is 451 g/mol. The molecule has 2 unspecified atom stereocenters. The zero-order chi connectivity index (χ0) is 23.4. The standard InChI is InChI=1S/C26H26FNO5/c1-32-23-12-6-11-21(27)24(23)25(30)22(29)13-14-28-26(31)33-15-20-18-9-4-2-7-16(18)17-8-3-5-10-19(17)20/h2-12,20,22,25,29-30H,13-15H2,1H3,(H,28,31). The first-order chi connectivity index (χ1) is 16.0. The maximum absolute atomic E-state index is 14.1. The summed E-state index contributed by atoms with van der Waals surface area (Å²) in [5.74, 6) is -0.583. The van der Waals surface area contributed by atoms with Crippen LogP contribution in [0.25, 0.3) is 11.1 Å². The van der Waals surface area contributed by atoms with Crippen LogP contribution in [-0.4, -0.2) is 42.7 Å². The first-order valence-corrected chi connectivity index (χ1v) is 10.8. The summed E-state index contributed by atoms with van der Waals surface area (Å²) < 4.78 is 24.6. The van der Waals surface area contributed by atoms with Crippen molar-refractivity contribution in [2.75, 3.05) is 20.3 Å². The number of amides is 1. The zero-order valence-electron chi connectivity index (χ0n) is 18.2. The van der Waals surface area contributed by atoms with Crippen LogP contribution in [0.3, 0.4) is 0 Å². The molecule has 172 valence electrons. The van der Waals surface area contributed by atoms with E-state index in [9.17, 15) is 19.4 Å². The van der Waals surface area contributed by atoms with Crippen LogP contribution < -0.4 is 10.1 Å². The molecule has 0 saturated heterocycles. The third-order valence-electron chi connectivity index (χ3n) is 5.95. The highest BCUT2D eigenvalue weighted by molar-refractivity contribution is 5.79. The largest absolute Gasteiger partial charge is 0.496 e. The number of alkyl carbamates (subject to hydrolysis) is 1. The van der Waals surface area contributed by atoms with Gasteiger partial charge in [0.2, 0.25) is 0 Å². The minimum atomic E-state index is -1.49. The molecule has 0 spiro atoms. The Labute approximate surface area is 191 Å². The van der Waals surface area contributed by atoms with Gasteiger partial charge in [0, 0.05) is 12.5 Å². The van der Waals surface area contributed by atoms with Crippen molar-refractivity contribution in [3.63, 3.8) is 0 Å². The molecular formula is C26H26FNO5. The van der Waals surface area contributed by atoms with E-state index >= 15 is 0 Å². The Hall–Kier alpha value is -3.42. The van der Waals surface area contributed by atoms with E-state index in [4.69, 9.17) is 9.47 Å². The molecule has 3 aromatic carbocycles. The first kappa shape index (κ1) is 22.8. The van der Waals surface area contributed by atoms with Gasteiger partial charge in [0.25, 0.3) is 0 Å². The summed E-state index contributed by atoms with van der Waals surface area (Å²) in [4.78, 5) is 12.2. The number of fused-ring (bicyclic) bond motifs is 3. The molecule has 33 heavy (non-hydrogen) atoms. The van der Waals surface area contributed by atoms with E-state index in [1.54, 1.807) is 0 Å². The fraction of sp³-hybridized carbons (Fsp3) is 0.269. The topological polar surface area (TPSA) is 88.0 Å². The number of carbonyl (C=O) groups excluding carboxylic acids is 1. The van der Waals surface area contributed by atoms with Crippen LogP contribution in [0.2, 0.25) is 0 Å². The van der Waals surface area contributed by atoms with E-state index in [2.05, 4.69) is 17.4 Å². The van der Waals surface area contributed by atoms with Gasteiger partial charge in [-0.05, 0) is 40.8 Å². The number of nitrogens with one attached hydrogen (secondary N) is 1. The monoisotopic (exact) mass is 451 g/mol. The SMILES string of the molecule is COc1cccc(F)c1C(O)C(O)CCNC(=O)OCC1c2ccccc2-c2ccccc21. The lowest BCUT2D eigenvalue weighted by Gasteiger charge is -2.21. The molecule has 0 bridgehead atoms. The maximum Gasteiger partial charge on any atom is 0.407 e. The Morgan fingerprint density at radius 1 is 1.00 bits per heavy atom. The highest BCUT2D eigenvalue weighted by atomic mass is 19.1. The summed E-state index contributed by atoms with van der Waals surface area (Å²) in [6.07, 6.45) is -3.42. The van der Waals surface area contributed by atoms with Crippen LogP contribution in [0, 0.1) is 5.82 Å². The summed E-state index contributed by atoms with van der Waals surface area (Å²) in [5, 5.41) is 23.2. The second kappa shape index (κ2) is 10.0. The van der Waals surface area contributed by atoms with Crippen LogP contribution in [0.15, 0.2) is 66.7 Å². The highest BCUT2D eigenvalue weighted by Crippen LogP contribution is 2.44. The number of hydrogen-bond acceptors (Lipinski definition) is 5. The Bertz CT molecular complexity index is 1090. The van der Waals surface area contributed by atoms with Crippen molar-refractivity contribution in [1.82, 2.24) is 5.32 Å². The van der Waals surface area contributed by atoms with E-state index in [0.717, 1.165) is 22.3 Å². The van der Waals surface area contributed by atoms with Crippen LogP contribution in [0.4, 0.5) is 9.18 Å². The lowest BCUT2D eigenvalue weighted by Crippen LogP contribution is -2.31.